The third-order valence-corrected chi connectivity index (χ3v) is 8.87. The van der Waals surface area contributed by atoms with Gasteiger partial charge in [0.15, 0.2) is 5.78 Å². The molecule has 1 aliphatic carbocycles. The van der Waals surface area contributed by atoms with Crippen LogP contribution in [0.4, 0.5) is 0 Å². The minimum absolute atomic E-state index is 0.0170. The number of imide groups is 1. The van der Waals surface area contributed by atoms with Gasteiger partial charge in [-0.15, -0.1) is 0 Å². The molecule has 51 heavy (non-hydrogen) atoms. The van der Waals surface area contributed by atoms with Crippen LogP contribution in [-0.4, -0.2) is 97.1 Å². The number of hydrogen-bond donors (Lipinski definition) is 5. The molecule has 280 valence electrons. The molecule has 1 aromatic carbocycles. The lowest BCUT2D eigenvalue weighted by Crippen LogP contribution is -2.52. The topological polar surface area (TPSA) is 209 Å². The molecule has 15 nitrogen and oxygen atoms in total. The normalized spacial score (nSPS) is 16.7. The number of nitrogens with one attached hydrogen (secondary N) is 5. The molecule has 0 aromatic heterocycles. The predicted molar refractivity (Wildman–Crippen MR) is 185 cm³/mol. The second-order valence-electron chi connectivity index (χ2n) is 13.3. The maximum Gasteiger partial charge on any atom is 0.243 e. The molecule has 1 heterocycles. The van der Waals surface area contributed by atoms with Crippen molar-refractivity contribution >= 4 is 47.1 Å². The fraction of sp³-hybridized carbons (Fsp3) is 0.611. The zero-order chi connectivity index (χ0) is 37.3. The van der Waals surface area contributed by atoms with Crippen molar-refractivity contribution in [3.63, 3.8) is 0 Å². The Balaban J connectivity index is 1.34. The Hall–Kier alpha value is -4.66. The van der Waals surface area contributed by atoms with Gasteiger partial charge in [0.1, 0.15) is 18.9 Å². The minimum atomic E-state index is -1.06. The maximum absolute atomic E-state index is 13.0. The molecule has 3 atom stereocenters. The van der Waals surface area contributed by atoms with Crippen molar-refractivity contribution in [3.05, 3.63) is 35.9 Å². The SMILES string of the molecule is CCC(=O)[C@@H](OCNC(=O)CNC(=O)[C@H](Cc1ccccc1)NC(=O)CNC(=O)CNC(=O)CCCCCN1C(=O)CC(C(C)C)C1=O)C1CC1. The van der Waals surface area contributed by atoms with Crippen molar-refractivity contribution in [2.24, 2.45) is 17.8 Å². The summed E-state index contributed by atoms with van der Waals surface area (Å²) in [5.74, 6) is -3.03. The molecule has 1 unspecified atom stereocenters. The van der Waals surface area contributed by atoms with Gasteiger partial charge in [-0.1, -0.05) is 57.5 Å². The molecule has 2 fully saturated rings. The highest BCUT2D eigenvalue weighted by Gasteiger charge is 2.39. The summed E-state index contributed by atoms with van der Waals surface area (Å²) in [4.78, 5) is 100. The summed E-state index contributed by atoms with van der Waals surface area (Å²) < 4.78 is 5.58. The number of ketones is 1. The Kier molecular flexibility index (Phi) is 16.7. The van der Waals surface area contributed by atoms with Crippen LogP contribution in [0.5, 0.6) is 0 Å². The lowest BCUT2D eigenvalue weighted by atomic mass is 9.94. The Morgan fingerprint density at radius 1 is 0.824 bits per heavy atom. The average Bonchev–Trinajstić information content (AvgIpc) is 3.91. The zero-order valence-corrected chi connectivity index (χ0v) is 29.8. The van der Waals surface area contributed by atoms with Crippen molar-refractivity contribution in [1.29, 1.82) is 0 Å². The zero-order valence-electron chi connectivity index (χ0n) is 29.8. The molecule has 0 spiro atoms. The number of ether oxygens (including phenoxy) is 1. The number of hydrogen-bond acceptors (Lipinski definition) is 9. The van der Waals surface area contributed by atoms with E-state index in [0.29, 0.717) is 32.2 Å². The first-order valence-corrected chi connectivity index (χ1v) is 17.8. The van der Waals surface area contributed by atoms with Gasteiger partial charge < -0.3 is 31.3 Å². The summed E-state index contributed by atoms with van der Waals surface area (Å²) in [6.07, 6.45) is 3.87. The number of rotatable bonds is 23. The quantitative estimate of drug-likeness (QED) is 0.0607. The van der Waals surface area contributed by atoms with E-state index in [4.69, 9.17) is 4.74 Å². The molecule has 0 radical (unpaired) electrons. The number of benzene rings is 1. The molecule has 5 N–H and O–H groups in total. The molecule has 1 saturated carbocycles. The monoisotopic (exact) mass is 712 g/mol. The first-order chi connectivity index (χ1) is 24.4. The maximum atomic E-state index is 13.0. The molecule has 0 bridgehead atoms. The molecule has 1 aromatic rings. The van der Waals surface area contributed by atoms with Gasteiger partial charge in [0.05, 0.1) is 19.6 Å². The van der Waals surface area contributed by atoms with E-state index in [1.54, 1.807) is 31.2 Å². The standard InChI is InChI=1S/C36H52N6O9/c1-4-28(43)34(25-14-15-25)51-22-40-31(46)20-39-35(49)27(17-24-11-7-5-8-12-24)41-32(47)21-38-30(45)19-37-29(44)13-9-6-10-16-42-33(48)18-26(23(2)3)36(42)50/h5,7-8,11-12,23,25-27,34H,4,6,9-10,13-22H2,1-3H3,(H,37,44)(H,38,45)(H,39,49)(H,40,46)(H,41,47)/t26?,27-,34-/m0/s1. The summed E-state index contributed by atoms with van der Waals surface area (Å²) >= 11 is 0. The summed E-state index contributed by atoms with van der Waals surface area (Å²) in [5, 5.41) is 12.5. The van der Waals surface area contributed by atoms with Crippen molar-refractivity contribution in [1.82, 2.24) is 31.5 Å². The Bertz CT molecular complexity index is 1400. The minimum Gasteiger partial charge on any atom is -0.350 e. The van der Waals surface area contributed by atoms with Crippen LogP contribution in [0.25, 0.3) is 0 Å². The second-order valence-corrected chi connectivity index (χ2v) is 13.3. The highest BCUT2D eigenvalue weighted by molar-refractivity contribution is 6.03. The van der Waals surface area contributed by atoms with Gasteiger partial charge in [-0.3, -0.25) is 43.3 Å². The number of amides is 7. The van der Waals surface area contributed by atoms with Crippen LogP contribution in [0.15, 0.2) is 30.3 Å². The Morgan fingerprint density at radius 3 is 2.12 bits per heavy atom. The molecular weight excluding hydrogens is 660 g/mol. The smallest absolute Gasteiger partial charge is 0.243 e. The Labute approximate surface area is 298 Å². The molecule has 7 amide bonds. The molecule has 1 aliphatic heterocycles. The van der Waals surface area contributed by atoms with Crippen LogP contribution < -0.4 is 26.6 Å². The van der Waals surface area contributed by atoms with E-state index in [0.717, 1.165) is 18.4 Å². The van der Waals surface area contributed by atoms with Gasteiger partial charge in [0.25, 0.3) is 0 Å². The third kappa shape index (κ3) is 14.2. The number of Topliss-reactive ketones (excluding diaryl/α,β-unsaturated/α-hetero) is 1. The number of carbonyl (C=O) groups excluding carboxylic acids is 8. The van der Waals surface area contributed by atoms with Gasteiger partial charge in [0.2, 0.25) is 41.4 Å². The average molecular weight is 713 g/mol. The number of unbranched alkanes of at least 4 members (excludes halogenated alkanes) is 2. The lowest BCUT2D eigenvalue weighted by Gasteiger charge is -2.19. The summed E-state index contributed by atoms with van der Waals surface area (Å²) in [7, 11) is 0. The largest absolute Gasteiger partial charge is 0.350 e. The van der Waals surface area contributed by atoms with E-state index >= 15 is 0 Å². The fourth-order valence-electron chi connectivity index (χ4n) is 5.67. The van der Waals surface area contributed by atoms with Crippen LogP contribution in [-0.2, 0) is 49.5 Å². The lowest BCUT2D eigenvalue weighted by molar-refractivity contribution is -0.140. The van der Waals surface area contributed by atoms with Crippen LogP contribution >= 0.6 is 0 Å². The highest BCUT2D eigenvalue weighted by atomic mass is 16.5. The predicted octanol–water partition coefficient (Wildman–Crippen LogP) is 0.502. The summed E-state index contributed by atoms with van der Waals surface area (Å²) in [6, 6.07) is 7.89. The van der Waals surface area contributed by atoms with Gasteiger partial charge >= 0.3 is 0 Å². The Morgan fingerprint density at radius 2 is 1.47 bits per heavy atom. The van der Waals surface area contributed by atoms with E-state index in [2.05, 4.69) is 26.6 Å². The molecule has 3 rings (SSSR count). The van der Waals surface area contributed by atoms with Crippen molar-refractivity contribution in [2.75, 3.05) is 32.9 Å². The highest BCUT2D eigenvalue weighted by Crippen LogP contribution is 2.35. The van der Waals surface area contributed by atoms with Crippen molar-refractivity contribution in [3.8, 4) is 0 Å². The van der Waals surface area contributed by atoms with Gasteiger partial charge in [0, 0.05) is 38.1 Å². The third-order valence-electron chi connectivity index (χ3n) is 8.87. The van der Waals surface area contributed by atoms with E-state index in [1.165, 1.54) is 4.90 Å². The van der Waals surface area contributed by atoms with Crippen molar-refractivity contribution < 1.29 is 43.1 Å². The van der Waals surface area contributed by atoms with Gasteiger partial charge in [-0.05, 0) is 43.1 Å². The summed E-state index contributed by atoms with van der Waals surface area (Å²) in [6.45, 7) is 4.58. The van der Waals surface area contributed by atoms with Crippen LogP contribution in [0.3, 0.4) is 0 Å². The van der Waals surface area contributed by atoms with E-state index < -0.39 is 42.3 Å². The van der Waals surface area contributed by atoms with Gasteiger partial charge in [-0.2, -0.15) is 0 Å². The van der Waals surface area contributed by atoms with Crippen LogP contribution in [0.2, 0.25) is 0 Å². The van der Waals surface area contributed by atoms with Crippen LogP contribution in [0.1, 0.15) is 77.7 Å². The second kappa shape index (κ2) is 20.9. The van der Waals surface area contributed by atoms with Crippen LogP contribution in [0, 0.1) is 17.8 Å². The fourth-order valence-corrected chi connectivity index (χ4v) is 5.67. The molecule has 1 saturated heterocycles. The summed E-state index contributed by atoms with van der Waals surface area (Å²) in [5.41, 5.74) is 0.757. The van der Waals surface area contributed by atoms with Crippen molar-refractivity contribution in [2.45, 2.75) is 90.7 Å². The number of nitrogens with zero attached hydrogens (tertiary/aromatic N) is 1. The first kappa shape index (κ1) is 40.8. The van der Waals surface area contributed by atoms with E-state index in [9.17, 15) is 38.4 Å². The number of carbonyl (C=O) groups is 8. The van der Waals surface area contributed by atoms with E-state index in [-0.39, 0.29) is 80.3 Å². The van der Waals surface area contributed by atoms with Gasteiger partial charge in [-0.25, -0.2) is 0 Å². The number of likely N-dealkylation sites (tertiary alicyclic amines) is 1. The first-order valence-electron chi connectivity index (χ1n) is 17.8. The van der Waals surface area contributed by atoms with E-state index in [1.807, 2.05) is 19.9 Å². The molecular formula is C36H52N6O9. The molecule has 15 heteroatoms. The molecule has 2 aliphatic rings.